The van der Waals surface area contributed by atoms with Crippen molar-refractivity contribution in [2.45, 2.75) is 51.7 Å². The van der Waals surface area contributed by atoms with Crippen molar-refractivity contribution in [1.29, 1.82) is 0 Å². The molecule has 0 aromatic carbocycles. The van der Waals surface area contributed by atoms with Crippen molar-refractivity contribution in [2.75, 3.05) is 26.2 Å². The lowest BCUT2D eigenvalue weighted by Crippen LogP contribution is -2.44. The Kier molecular flexibility index (Phi) is 3.88. The number of likely N-dealkylation sites (tertiary alicyclic amines) is 1. The largest absolute Gasteiger partial charge is 0.390 e. The highest BCUT2D eigenvalue weighted by Crippen LogP contribution is 2.29. The normalized spacial score (nSPS) is 27.9. The Morgan fingerprint density at radius 3 is 2.50 bits per heavy atom. The Morgan fingerprint density at radius 2 is 1.94 bits per heavy atom. The van der Waals surface area contributed by atoms with Gasteiger partial charge < -0.3 is 15.3 Å². The Labute approximate surface area is 99.2 Å². The van der Waals surface area contributed by atoms with E-state index in [4.69, 9.17) is 0 Å². The van der Waals surface area contributed by atoms with Crippen LogP contribution in [0.1, 0.15) is 39.5 Å². The van der Waals surface area contributed by atoms with E-state index in [1.165, 1.54) is 25.7 Å². The number of rotatable bonds is 5. The van der Waals surface area contributed by atoms with Crippen molar-refractivity contribution in [3.05, 3.63) is 0 Å². The van der Waals surface area contributed by atoms with E-state index in [0.717, 1.165) is 26.2 Å². The standard InChI is InChI=1S/C13H26N2O/c1-13(2)5-7-15(8-6-13)10-12(16)9-14-11-3-4-11/h11-12,14,16H,3-10H2,1-2H3. The minimum absolute atomic E-state index is 0.193. The summed E-state index contributed by atoms with van der Waals surface area (Å²) in [5.74, 6) is 0. The van der Waals surface area contributed by atoms with Crippen LogP contribution in [0.2, 0.25) is 0 Å². The van der Waals surface area contributed by atoms with Crippen LogP contribution in [0, 0.1) is 5.41 Å². The molecule has 0 aromatic heterocycles. The van der Waals surface area contributed by atoms with Gasteiger partial charge >= 0.3 is 0 Å². The van der Waals surface area contributed by atoms with Crippen LogP contribution in [-0.2, 0) is 0 Å². The molecular formula is C13H26N2O. The first kappa shape index (κ1) is 12.3. The smallest absolute Gasteiger partial charge is 0.0791 e. The van der Waals surface area contributed by atoms with Crippen LogP contribution in [-0.4, -0.2) is 48.3 Å². The molecule has 3 heteroatoms. The summed E-state index contributed by atoms with van der Waals surface area (Å²) in [5, 5.41) is 13.3. The molecule has 94 valence electrons. The molecule has 3 nitrogen and oxygen atoms in total. The molecule has 1 unspecified atom stereocenters. The summed E-state index contributed by atoms with van der Waals surface area (Å²) in [5.41, 5.74) is 0.508. The van der Waals surface area contributed by atoms with Gasteiger partial charge in [-0.05, 0) is 44.2 Å². The maximum Gasteiger partial charge on any atom is 0.0791 e. The molecule has 0 bridgehead atoms. The minimum Gasteiger partial charge on any atom is -0.390 e. The van der Waals surface area contributed by atoms with E-state index in [1.807, 2.05) is 0 Å². The lowest BCUT2D eigenvalue weighted by atomic mass is 9.82. The van der Waals surface area contributed by atoms with Gasteiger partial charge in [0, 0.05) is 19.1 Å². The van der Waals surface area contributed by atoms with Crippen molar-refractivity contribution >= 4 is 0 Å². The zero-order valence-electron chi connectivity index (χ0n) is 10.7. The third kappa shape index (κ3) is 4.04. The highest BCUT2D eigenvalue weighted by Gasteiger charge is 2.27. The number of hydrogen-bond donors (Lipinski definition) is 2. The molecule has 1 saturated heterocycles. The summed E-state index contributed by atoms with van der Waals surface area (Å²) in [6.45, 7) is 8.59. The maximum atomic E-state index is 9.90. The predicted octanol–water partition coefficient (Wildman–Crippen LogP) is 1.22. The maximum absolute atomic E-state index is 9.90. The molecule has 1 atom stereocenters. The van der Waals surface area contributed by atoms with Gasteiger partial charge in [0.2, 0.25) is 0 Å². The third-order valence-corrected chi connectivity index (χ3v) is 3.90. The van der Waals surface area contributed by atoms with Gasteiger partial charge in [0.15, 0.2) is 0 Å². The molecule has 0 radical (unpaired) electrons. The van der Waals surface area contributed by atoms with Gasteiger partial charge in [-0.3, -0.25) is 0 Å². The van der Waals surface area contributed by atoms with E-state index in [1.54, 1.807) is 0 Å². The van der Waals surface area contributed by atoms with E-state index >= 15 is 0 Å². The summed E-state index contributed by atoms with van der Waals surface area (Å²) in [6.07, 6.45) is 4.92. The van der Waals surface area contributed by atoms with Crippen LogP contribution < -0.4 is 5.32 Å². The van der Waals surface area contributed by atoms with Crippen molar-refractivity contribution in [3.63, 3.8) is 0 Å². The van der Waals surface area contributed by atoms with Gasteiger partial charge in [0.25, 0.3) is 0 Å². The van der Waals surface area contributed by atoms with Gasteiger partial charge in [-0.1, -0.05) is 13.8 Å². The number of β-amino-alcohol motifs (C(OH)–C–C–N with tert-alkyl or cyclic N) is 1. The number of piperidine rings is 1. The highest BCUT2D eigenvalue weighted by molar-refractivity contribution is 4.83. The van der Waals surface area contributed by atoms with E-state index < -0.39 is 0 Å². The van der Waals surface area contributed by atoms with Gasteiger partial charge in [0.05, 0.1) is 6.10 Å². The van der Waals surface area contributed by atoms with Gasteiger partial charge in [-0.25, -0.2) is 0 Å². The molecular weight excluding hydrogens is 200 g/mol. The summed E-state index contributed by atoms with van der Waals surface area (Å²) in [6, 6.07) is 0.704. The molecule has 1 aliphatic heterocycles. The quantitative estimate of drug-likeness (QED) is 0.740. The first-order chi connectivity index (χ1) is 7.55. The van der Waals surface area contributed by atoms with Crippen molar-refractivity contribution in [3.8, 4) is 0 Å². The highest BCUT2D eigenvalue weighted by atomic mass is 16.3. The fraction of sp³-hybridized carbons (Fsp3) is 1.00. The Bertz CT molecular complexity index is 216. The van der Waals surface area contributed by atoms with E-state index in [-0.39, 0.29) is 6.10 Å². The zero-order valence-corrected chi connectivity index (χ0v) is 10.7. The number of nitrogens with one attached hydrogen (secondary N) is 1. The van der Waals surface area contributed by atoms with E-state index in [2.05, 4.69) is 24.1 Å². The first-order valence-corrected chi connectivity index (χ1v) is 6.69. The average Bonchev–Trinajstić information content (AvgIpc) is 3.02. The van der Waals surface area contributed by atoms with Crippen LogP contribution in [0.25, 0.3) is 0 Å². The topological polar surface area (TPSA) is 35.5 Å². The molecule has 2 aliphatic rings. The Morgan fingerprint density at radius 1 is 1.31 bits per heavy atom. The van der Waals surface area contributed by atoms with Crippen molar-refractivity contribution in [1.82, 2.24) is 10.2 Å². The van der Waals surface area contributed by atoms with E-state index in [0.29, 0.717) is 11.5 Å². The molecule has 2 fully saturated rings. The van der Waals surface area contributed by atoms with E-state index in [9.17, 15) is 5.11 Å². The first-order valence-electron chi connectivity index (χ1n) is 6.69. The molecule has 1 heterocycles. The Balaban J connectivity index is 1.61. The second kappa shape index (κ2) is 5.03. The van der Waals surface area contributed by atoms with Crippen molar-refractivity contribution in [2.24, 2.45) is 5.41 Å². The lowest BCUT2D eigenvalue weighted by molar-refractivity contribution is 0.0702. The molecule has 0 spiro atoms. The van der Waals surface area contributed by atoms with Gasteiger partial charge in [0.1, 0.15) is 0 Å². The third-order valence-electron chi connectivity index (χ3n) is 3.90. The molecule has 2 N–H and O–H groups in total. The van der Waals surface area contributed by atoms with Crippen LogP contribution in [0.5, 0.6) is 0 Å². The number of hydrogen-bond acceptors (Lipinski definition) is 3. The minimum atomic E-state index is -0.193. The second-order valence-corrected chi connectivity index (χ2v) is 6.30. The summed E-state index contributed by atoms with van der Waals surface area (Å²) >= 11 is 0. The van der Waals surface area contributed by atoms with Gasteiger partial charge in [-0.15, -0.1) is 0 Å². The molecule has 16 heavy (non-hydrogen) atoms. The number of aliphatic hydroxyl groups is 1. The summed E-state index contributed by atoms with van der Waals surface area (Å²) in [7, 11) is 0. The second-order valence-electron chi connectivity index (χ2n) is 6.30. The SMILES string of the molecule is CC1(C)CCN(CC(O)CNC2CC2)CC1. The molecule has 2 rings (SSSR count). The van der Waals surface area contributed by atoms with Crippen LogP contribution >= 0.6 is 0 Å². The summed E-state index contributed by atoms with van der Waals surface area (Å²) in [4.78, 5) is 2.41. The predicted molar refractivity (Wildman–Crippen MR) is 66.5 cm³/mol. The van der Waals surface area contributed by atoms with Crippen molar-refractivity contribution < 1.29 is 5.11 Å². The molecule has 0 amide bonds. The van der Waals surface area contributed by atoms with Crippen LogP contribution in [0.15, 0.2) is 0 Å². The number of nitrogens with zero attached hydrogens (tertiary/aromatic N) is 1. The average molecular weight is 226 g/mol. The molecule has 1 saturated carbocycles. The molecule has 1 aliphatic carbocycles. The zero-order chi connectivity index (χ0) is 11.6. The monoisotopic (exact) mass is 226 g/mol. The summed E-state index contributed by atoms with van der Waals surface area (Å²) < 4.78 is 0. The fourth-order valence-corrected chi connectivity index (χ4v) is 2.29. The Hall–Kier alpha value is -0.120. The van der Waals surface area contributed by atoms with Gasteiger partial charge in [-0.2, -0.15) is 0 Å². The number of aliphatic hydroxyl groups excluding tert-OH is 1. The van der Waals surface area contributed by atoms with Crippen LogP contribution in [0.3, 0.4) is 0 Å². The van der Waals surface area contributed by atoms with Crippen LogP contribution in [0.4, 0.5) is 0 Å². The molecule has 0 aromatic rings. The fourth-order valence-electron chi connectivity index (χ4n) is 2.29. The lowest BCUT2D eigenvalue weighted by Gasteiger charge is -2.37.